The fraction of sp³-hybridized carbons (Fsp3) is 0.458. The number of benzene rings is 1. The molecule has 7 N–H and O–H groups in total. The Morgan fingerprint density at radius 2 is 1.76 bits per heavy atom. The number of aliphatic hydroxyl groups is 3. The second-order valence-electron chi connectivity index (χ2n) is 10.4. The molecule has 0 saturated carbocycles. The molecule has 206 valence electrons. The third-order valence-corrected chi connectivity index (χ3v) is 8.07. The molecule has 1 aromatic rings. The first kappa shape index (κ1) is 27.4. The zero-order chi connectivity index (χ0) is 28.6. The molecule has 0 bridgehead atoms. The average molecular weight is 551 g/mol. The number of allylic oxidation sites excluding steroid dienone is 1. The molecular weight excluding hydrogens is 520 g/mol. The molecule has 0 radical (unpaired) electrons. The van der Waals surface area contributed by atoms with Crippen LogP contribution in [0.1, 0.15) is 22.3 Å². The zero-order valence-electron chi connectivity index (χ0n) is 21.4. The number of nitrogens with zero attached hydrogens (tertiary/aromatic N) is 2. The maximum atomic E-state index is 13.8. The van der Waals surface area contributed by atoms with Gasteiger partial charge in [0.15, 0.2) is 17.1 Å². The number of amides is 1. The number of aliphatic hydroxyl groups excluding tert-OH is 2. The lowest BCUT2D eigenvalue weighted by Gasteiger charge is -2.50. The van der Waals surface area contributed by atoms with Gasteiger partial charge >= 0.3 is 0 Å². The van der Waals surface area contributed by atoms with Gasteiger partial charge in [0.25, 0.3) is 5.91 Å². The Labute approximate surface area is 218 Å². The van der Waals surface area contributed by atoms with Crippen molar-refractivity contribution in [2.75, 3.05) is 44.1 Å². The van der Waals surface area contributed by atoms with Gasteiger partial charge in [-0.2, -0.15) is 0 Å². The van der Waals surface area contributed by atoms with Crippen LogP contribution in [0, 0.1) is 11.8 Å². The average Bonchev–Trinajstić information content (AvgIpc) is 2.76. The second kappa shape index (κ2) is 8.71. The SMILES string of the molecule is CN(C)c1cc(NS(C)(=O)=O)c(O)c2c1CC1CC3[C@H](N(C)C)C(O)=C(C(N)=O)C(=O)C3(O)C(O)=C1C2=O. The summed E-state index contributed by atoms with van der Waals surface area (Å²) in [5.74, 6) is -7.76. The Bertz CT molecular complexity index is 1460. The van der Waals surface area contributed by atoms with Crippen LogP contribution >= 0.6 is 0 Å². The Morgan fingerprint density at radius 1 is 1.16 bits per heavy atom. The Kier molecular flexibility index (Phi) is 6.29. The molecule has 4 rings (SSSR count). The van der Waals surface area contributed by atoms with Crippen LogP contribution in [-0.2, 0) is 26.0 Å². The van der Waals surface area contributed by atoms with Crippen molar-refractivity contribution >= 4 is 38.9 Å². The number of primary amides is 1. The number of Topliss-reactive ketones (excluding diaryl/α,β-unsaturated/α-hetero) is 2. The number of hydrogen-bond donors (Lipinski definition) is 6. The first-order valence-corrected chi connectivity index (χ1v) is 13.5. The summed E-state index contributed by atoms with van der Waals surface area (Å²) in [4.78, 5) is 42.3. The highest BCUT2D eigenvalue weighted by atomic mass is 32.2. The number of hydrogen-bond acceptors (Lipinski definition) is 11. The van der Waals surface area contributed by atoms with E-state index in [-0.39, 0.29) is 29.7 Å². The maximum absolute atomic E-state index is 13.8. The van der Waals surface area contributed by atoms with Gasteiger partial charge in [0.1, 0.15) is 17.1 Å². The molecule has 0 aliphatic heterocycles. The van der Waals surface area contributed by atoms with Gasteiger partial charge in [-0.1, -0.05) is 0 Å². The van der Waals surface area contributed by atoms with E-state index in [1.165, 1.54) is 11.0 Å². The highest BCUT2D eigenvalue weighted by molar-refractivity contribution is 7.92. The van der Waals surface area contributed by atoms with Crippen molar-refractivity contribution in [1.82, 2.24) is 4.90 Å². The van der Waals surface area contributed by atoms with Crippen LogP contribution in [-0.4, -0.2) is 97.3 Å². The molecule has 3 unspecified atom stereocenters. The van der Waals surface area contributed by atoms with Gasteiger partial charge in [-0.3, -0.25) is 24.0 Å². The summed E-state index contributed by atoms with van der Waals surface area (Å²) in [5, 5.41) is 44.8. The molecule has 3 aliphatic rings. The monoisotopic (exact) mass is 550 g/mol. The van der Waals surface area contributed by atoms with Crippen molar-refractivity contribution < 1.29 is 43.2 Å². The molecule has 0 heterocycles. The number of aromatic hydroxyl groups is 1. The Balaban J connectivity index is 1.99. The van der Waals surface area contributed by atoms with Crippen molar-refractivity contribution in [3.05, 3.63) is 39.9 Å². The van der Waals surface area contributed by atoms with Crippen LogP contribution in [0.3, 0.4) is 0 Å². The molecule has 1 amide bonds. The van der Waals surface area contributed by atoms with Gasteiger partial charge in [-0.25, -0.2) is 8.42 Å². The summed E-state index contributed by atoms with van der Waals surface area (Å²) in [7, 11) is 2.58. The fourth-order valence-electron chi connectivity index (χ4n) is 5.98. The number of likely N-dealkylation sites (N-methyl/N-ethyl adjacent to an activating group) is 1. The van der Waals surface area contributed by atoms with Gasteiger partial charge in [-0.15, -0.1) is 0 Å². The summed E-state index contributed by atoms with van der Waals surface area (Å²) in [6, 6.07) is 0.292. The number of phenols is 1. The number of carbonyl (C=O) groups excluding carboxylic acids is 3. The fourth-order valence-corrected chi connectivity index (χ4v) is 6.53. The molecule has 38 heavy (non-hydrogen) atoms. The largest absolute Gasteiger partial charge is 0.510 e. The minimum absolute atomic E-state index is 0.0528. The van der Waals surface area contributed by atoms with E-state index >= 15 is 0 Å². The third kappa shape index (κ3) is 3.82. The number of anilines is 2. The maximum Gasteiger partial charge on any atom is 0.255 e. The van der Waals surface area contributed by atoms with Crippen LogP contribution in [0.2, 0.25) is 0 Å². The smallest absolute Gasteiger partial charge is 0.255 e. The van der Waals surface area contributed by atoms with E-state index in [9.17, 15) is 43.2 Å². The van der Waals surface area contributed by atoms with Gasteiger partial charge in [-0.05, 0) is 44.5 Å². The van der Waals surface area contributed by atoms with Gasteiger partial charge in [0.05, 0.1) is 23.5 Å². The van der Waals surface area contributed by atoms with Crippen molar-refractivity contribution in [3.63, 3.8) is 0 Å². The van der Waals surface area contributed by atoms with E-state index in [0.717, 1.165) is 6.26 Å². The molecule has 14 heteroatoms. The third-order valence-electron chi connectivity index (χ3n) is 7.48. The molecule has 3 aliphatic carbocycles. The van der Waals surface area contributed by atoms with E-state index in [2.05, 4.69) is 4.72 Å². The molecule has 13 nitrogen and oxygen atoms in total. The summed E-state index contributed by atoms with van der Waals surface area (Å²) in [6.45, 7) is 0. The van der Waals surface area contributed by atoms with Crippen LogP contribution in [0.15, 0.2) is 28.7 Å². The number of ketones is 2. The van der Waals surface area contributed by atoms with Crippen LogP contribution in [0.4, 0.5) is 11.4 Å². The van der Waals surface area contributed by atoms with Crippen LogP contribution < -0.4 is 15.4 Å². The number of phenolic OH excluding ortho intramolecular Hbond substituents is 1. The molecular formula is C24H30N4O9S. The van der Waals surface area contributed by atoms with Crippen molar-refractivity contribution in [3.8, 4) is 5.75 Å². The van der Waals surface area contributed by atoms with Crippen molar-refractivity contribution in [2.24, 2.45) is 17.6 Å². The minimum atomic E-state index is -3.85. The minimum Gasteiger partial charge on any atom is -0.510 e. The van der Waals surface area contributed by atoms with Crippen molar-refractivity contribution in [1.29, 1.82) is 0 Å². The first-order valence-electron chi connectivity index (χ1n) is 11.6. The molecule has 4 atom stereocenters. The van der Waals surface area contributed by atoms with E-state index in [4.69, 9.17) is 5.73 Å². The zero-order valence-corrected chi connectivity index (χ0v) is 22.3. The van der Waals surface area contributed by atoms with Gasteiger partial charge in [0.2, 0.25) is 15.8 Å². The summed E-state index contributed by atoms with van der Waals surface area (Å²) < 4.78 is 26.0. The van der Waals surface area contributed by atoms with E-state index < -0.39 is 73.8 Å². The number of sulfonamides is 1. The number of nitrogens with one attached hydrogen (secondary N) is 1. The van der Waals surface area contributed by atoms with Crippen molar-refractivity contribution in [2.45, 2.75) is 24.5 Å². The topological polar surface area (TPSA) is 211 Å². The molecule has 0 aromatic heterocycles. The predicted molar refractivity (Wildman–Crippen MR) is 136 cm³/mol. The highest BCUT2D eigenvalue weighted by Crippen LogP contribution is 2.53. The van der Waals surface area contributed by atoms with E-state index in [1.54, 1.807) is 33.1 Å². The number of nitrogens with two attached hydrogens (primary N) is 1. The first-order chi connectivity index (χ1) is 17.4. The molecule has 1 aromatic carbocycles. The van der Waals surface area contributed by atoms with Crippen LogP contribution in [0.5, 0.6) is 5.75 Å². The number of fused-ring (bicyclic) bond motifs is 3. The summed E-state index contributed by atoms with van der Waals surface area (Å²) in [6.07, 6.45) is 0.900. The van der Waals surface area contributed by atoms with Crippen LogP contribution in [0.25, 0.3) is 0 Å². The van der Waals surface area contributed by atoms with Gasteiger partial charge in [0, 0.05) is 31.3 Å². The normalized spacial score (nSPS) is 27.2. The molecule has 0 spiro atoms. The second-order valence-corrected chi connectivity index (χ2v) is 12.1. The van der Waals surface area contributed by atoms with E-state index in [1.807, 2.05) is 0 Å². The molecule has 0 saturated heterocycles. The predicted octanol–water partition coefficient (Wildman–Crippen LogP) is -0.442. The summed E-state index contributed by atoms with van der Waals surface area (Å²) in [5.41, 5.74) is 1.60. The molecule has 0 fully saturated rings. The number of carbonyl (C=O) groups is 3. The number of rotatable bonds is 5. The standard InChI is InChI=1S/C24H30N4O9S/c1-27(2)13-8-12(26-38(5,36)37)18(29)15-10(13)6-9-7-11-17(28(3)4)20(31)16(23(25)34)22(33)24(11,35)21(32)14(9)19(15)30/h8-9,11,17,26,29,31-32,35H,6-7H2,1-5H3,(H2,25,34)/t9?,11?,17-,24?/m0/s1. The Hall–Kier alpha value is -3.62. The lowest BCUT2D eigenvalue weighted by atomic mass is 9.58. The summed E-state index contributed by atoms with van der Waals surface area (Å²) >= 11 is 0. The lowest BCUT2D eigenvalue weighted by Crippen LogP contribution is -2.63. The highest BCUT2D eigenvalue weighted by Gasteiger charge is 2.63. The quantitative estimate of drug-likeness (QED) is 0.204. The lowest BCUT2D eigenvalue weighted by molar-refractivity contribution is -0.148. The van der Waals surface area contributed by atoms with E-state index in [0.29, 0.717) is 11.3 Å². The Morgan fingerprint density at radius 3 is 2.26 bits per heavy atom. The van der Waals surface area contributed by atoms with Gasteiger partial charge < -0.3 is 31.1 Å².